The van der Waals surface area contributed by atoms with E-state index in [1.807, 2.05) is 31.2 Å². The molecule has 0 unspecified atom stereocenters. The number of nitrogens with one attached hydrogen (secondary N) is 1. The van der Waals surface area contributed by atoms with Crippen molar-refractivity contribution in [3.63, 3.8) is 0 Å². The van der Waals surface area contributed by atoms with E-state index >= 15 is 0 Å². The van der Waals surface area contributed by atoms with Crippen LogP contribution in [0.3, 0.4) is 0 Å². The molecule has 2 rings (SSSR count). The van der Waals surface area contributed by atoms with Gasteiger partial charge in [0, 0.05) is 13.6 Å². The van der Waals surface area contributed by atoms with Crippen molar-refractivity contribution in [1.29, 1.82) is 0 Å². The first kappa shape index (κ1) is 12.3. The van der Waals surface area contributed by atoms with Crippen LogP contribution in [-0.4, -0.2) is 33.0 Å². The van der Waals surface area contributed by atoms with Crippen LogP contribution in [0.1, 0.15) is 27.6 Å². The molecule has 0 bridgehead atoms. The number of hydrogen-bond acceptors (Lipinski definition) is 3. The summed E-state index contributed by atoms with van der Waals surface area (Å²) in [5.74, 6) is 0.675. The van der Waals surface area contributed by atoms with E-state index in [0.717, 1.165) is 5.56 Å². The van der Waals surface area contributed by atoms with Gasteiger partial charge in [0.1, 0.15) is 5.82 Å². The van der Waals surface area contributed by atoms with E-state index < -0.39 is 0 Å². The van der Waals surface area contributed by atoms with E-state index in [9.17, 15) is 4.79 Å². The van der Waals surface area contributed by atoms with Gasteiger partial charge >= 0.3 is 0 Å². The van der Waals surface area contributed by atoms with Gasteiger partial charge in [0.25, 0.3) is 5.91 Å². The second-order valence-electron chi connectivity index (χ2n) is 4.33. The number of carbonyl (C=O) groups is 1. The molecule has 0 atom stereocenters. The Hall–Kier alpha value is -2.17. The topological polar surface area (TPSA) is 61.9 Å². The molecule has 94 valence electrons. The first-order chi connectivity index (χ1) is 8.58. The standard InChI is InChI=1S/C13H16N4O/c1-9-6-4-5-7-11(9)8-17(3)13(18)12-14-10(2)15-16-12/h4-7H,8H2,1-3H3,(H,14,15,16). The molecule has 5 heteroatoms. The second kappa shape index (κ2) is 5.00. The van der Waals surface area contributed by atoms with Crippen molar-refractivity contribution in [2.75, 3.05) is 7.05 Å². The van der Waals surface area contributed by atoms with Gasteiger partial charge < -0.3 is 4.90 Å². The summed E-state index contributed by atoms with van der Waals surface area (Å²) in [6.45, 7) is 4.36. The van der Waals surface area contributed by atoms with Crippen LogP contribution in [0.4, 0.5) is 0 Å². The van der Waals surface area contributed by atoms with Crippen LogP contribution in [0, 0.1) is 13.8 Å². The minimum atomic E-state index is -0.178. The van der Waals surface area contributed by atoms with E-state index in [0.29, 0.717) is 12.4 Å². The van der Waals surface area contributed by atoms with Crippen LogP contribution in [0.15, 0.2) is 24.3 Å². The Morgan fingerprint density at radius 2 is 2.06 bits per heavy atom. The fourth-order valence-electron chi connectivity index (χ4n) is 1.72. The maximum atomic E-state index is 12.1. The number of rotatable bonds is 3. The zero-order chi connectivity index (χ0) is 13.1. The minimum Gasteiger partial charge on any atom is -0.335 e. The van der Waals surface area contributed by atoms with Crippen molar-refractivity contribution < 1.29 is 4.79 Å². The summed E-state index contributed by atoms with van der Waals surface area (Å²) in [7, 11) is 1.75. The van der Waals surface area contributed by atoms with Gasteiger partial charge in [-0.3, -0.25) is 9.89 Å². The second-order valence-corrected chi connectivity index (χ2v) is 4.33. The summed E-state index contributed by atoms with van der Waals surface area (Å²) < 4.78 is 0. The Balaban J connectivity index is 2.11. The molecule has 0 saturated heterocycles. The molecule has 2 aromatic rings. The highest BCUT2D eigenvalue weighted by atomic mass is 16.2. The molecule has 1 N–H and O–H groups in total. The normalized spacial score (nSPS) is 10.4. The molecular weight excluding hydrogens is 228 g/mol. The Morgan fingerprint density at radius 3 is 2.67 bits per heavy atom. The highest BCUT2D eigenvalue weighted by Crippen LogP contribution is 2.10. The number of benzene rings is 1. The number of aromatic amines is 1. The summed E-state index contributed by atoms with van der Waals surface area (Å²) in [5.41, 5.74) is 2.30. The molecular formula is C13H16N4O. The largest absolute Gasteiger partial charge is 0.335 e. The lowest BCUT2D eigenvalue weighted by atomic mass is 10.1. The first-order valence-electron chi connectivity index (χ1n) is 5.77. The van der Waals surface area contributed by atoms with E-state index in [2.05, 4.69) is 15.2 Å². The molecule has 1 heterocycles. The molecule has 0 aliphatic carbocycles. The predicted molar refractivity (Wildman–Crippen MR) is 68.1 cm³/mol. The molecule has 0 aliphatic rings. The molecule has 0 radical (unpaired) electrons. The summed E-state index contributed by atoms with van der Waals surface area (Å²) in [6.07, 6.45) is 0. The molecule has 18 heavy (non-hydrogen) atoms. The maximum absolute atomic E-state index is 12.1. The number of aromatic nitrogens is 3. The number of nitrogens with zero attached hydrogens (tertiary/aromatic N) is 3. The Kier molecular flexibility index (Phi) is 3.41. The lowest BCUT2D eigenvalue weighted by Gasteiger charge is -2.16. The maximum Gasteiger partial charge on any atom is 0.293 e. The van der Waals surface area contributed by atoms with Gasteiger partial charge in [-0.15, -0.1) is 5.10 Å². The molecule has 0 spiro atoms. The molecule has 0 aliphatic heterocycles. The fourth-order valence-corrected chi connectivity index (χ4v) is 1.72. The van der Waals surface area contributed by atoms with Crippen molar-refractivity contribution in [2.24, 2.45) is 0 Å². The van der Waals surface area contributed by atoms with Crippen LogP contribution in [0.25, 0.3) is 0 Å². The van der Waals surface area contributed by atoms with Crippen LogP contribution < -0.4 is 0 Å². The van der Waals surface area contributed by atoms with E-state index in [-0.39, 0.29) is 11.7 Å². The molecule has 1 aromatic heterocycles. The van der Waals surface area contributed by atoms with Gasteiger partial charge in [0.15, 0.2) is 0 Å². The number of H-pyrrole nitrogens is 1. The number of aryl methyl sites for hydroxylation is 2. The van der Waals surface area contributed by atoms with Crippen molar-refractivity contribution in [3.05, 3.63) is 47.0 Å². The van der Waals surface area contributed by atoms with Crippen molar-refractivity contribution in [1.82, 2.24) is 20.1 Å². The lowest BCUT2D eigenvalue weighted by Crippen LogP contribution is -2.27. The third-order valence-corrected chi connectivity index (χ3v) is 2.80. The SMILES string of the molecule is Cc1nc(C(=O)N(C)Cc2ccccc2C)n[nH]1. The third kappa shape index (κ3) is 2.56. The van der Waals surface area contributed by atoms with E-state index in [1.54, 1.807) is 18.9 Å². The Bertz CT molecular complexity index is 562. The molecule has 5 nitrogen and oxygen atoms in total. The van der Waals surface area contributed by atoms with Crippen LogP contribution >= 0.6 is 0 Å². The minimum absolute atomic E-state index is 0.178. The highest BCUT2D eigenvalue weighted by Gasteiger charge is 2.16. The van der Waals surface area contributed by atoms with Gasteiger partial charge in [0.05, 0.1) is 0 Å². The average molecular weight is 244 g/mol. The fraction of sp³-hybridized carbons (Fsp3) is 0.308. The zero-order valence-corrected chi connectivity index (χ0v) is 10.8. The predicted octanol–water partition coefficient (Wildman–Crippen LogP) is 1.69. The summed E-state index contributed by atoms with van der Waals surface area (Å²) >= 11 is 0. The smallest absolute Gasteiger partial charge is 0.293 e. The van der Waals surface area contributed by atoms with Gasteiger partial charge in [-0.1, -0.05) is 24.3 Å². The van der Waals surface area contributed by atoms with Crippen LogP contribution in [0.5, 0.6) is 0 Å². The number of carbonyl (C=O) groups excluding carboxylic acids is 1. The van der Waals surface area contributed by atoms with Gasteiger partial charge in [-0.25, -0.2) is 4.98 Å². The molecule has 0 saturated carbocycles. The lowest BCUT2D eigenvalue weighted by molar-refractivity contribution is 0.0773. The third-order valence-electron chi connectivity index (χ3n) is 2.80. The first-order valence-corrected chi connectivity index (χ1v) is 5.77. The Labute approximate surface area is 106 Å². The van der Waals surface area contributed by atoms with Crippen LogP contribution in [-0.2, 0) is 6.54 Å². The highest BCUT2D eigenvalue weighted by molar-refractivity contribution is 5.90. The summed E-state index contributed by atoms with van der Waals surface area (Å²) in [4.78, 5) is 17.7. The summed E-state index contributed by atoms with van der Waals surface area (Å²) in [6, 6.07) is 8.00. The quantitative estimate of drug-likeness (QED) is 0.893. The molecule has 0 fully saturated rings. The van der Waals surface area contributed by atoms with Crippen molar-refractivity contribution in [3.8, 4) is 0 Å². The Morgan fingerprint density at radius 1 is 1.33 bits per heavy atom. The van der Waals surface area contributed by atoms with Crippen LogP contribution in [0.2, 0.25) is 0 Å². The number of hydrogen-bond donors (Lipinski definition) is 1. The zero-order valence-electron chi connectivity index (χ0n) is 10.8. The van der Waals surface area contributed by atoms with Gasteiger partial charge in [0.2, 0.25) is 5.82 Å². The number of amides is 1. The molecule has 1 amide bonds. The van der Waals surface area contributed by atoms with E-state index in [1.165, 1.54) is 5.56 Å². The van der Waals surface area contributed by atoms with Gasteiger partial charge in [-0.05, 0) is 25.0 Å². The van der Waals surface area contributed by atoms with Crippen molar-refractivity contribution in [2.45, 2.75) is 20.4 Å². The average Bonchev–Trinajstić information content (AvgIpc) is 2.78. The van der Waals surface area contributed by atoms with Crippen molar-refractivity contribution >= 4 is 5.91 Å². The molecule has 1 aromatic carbocycles. The van der Waals surface area contributed by atoms with Gasteiger partial charge in [-0.2, -0.15) is 0 Å². The summed E-state index contributed by atoms with van der Waals surface area (Å²) in [5, 5.41) is 6.54. The van der Waals surface area contributed by atoms with E-state index in [4.69, 9.17) is 0 Å². The monoisotopic (exact) mass is 244 g/mol.